The van der Waals surface area contributed by atoms with E-state index in [9.17, 15) is 4.79 Å². The summed E-state index contributed by atoms with van der Waals surface area (Å²) in [5.41, 5.74) is 7.42. The highest BCUT2D eigenvalue weighted by atomic mass is 16.1. The molecule has 4 heteroatoms. The SMILES string of the molecule is Cc1nc(N)ccc1CNC(=O)CC(C)C. The summed E-state index contributed by atoms with van der Waals surface area (Å²) in [5, 5.41) is 2.87. The van der Waals surface area contributed by atoms with Gasteiger partial charge in [0.2, 0.25) is 5.91 Å². The second-order valence-electron chi connectivity index (χ2n) is 4.36. The Labute approximate surface area is 96.3 Å². The van der Waals surface area contributed by atoms with Gasteiger partial charge in [0, 0.05) is 18.7 Å². The van der Waals surface area contributed by atoms with Gasteiger partial charge in [-0.2, -0.15) is 0 Å². The summed E-state index contributed by atoms with van der Waals surface area (Å²) in [4.78, 5) is 15.6. The molecule has 0 spiro atoms. The molecule has 3 N–H and O–H groups in total. The quantitative estimate of drug-likeness (QED) is 0.812. The Morgan fingerprint density at radius 3 is 2.75 bits per heavy atom. The number of hydrogen-bond acceptors (Lipinski definition) is 3. The molecular formula is C12H19N3O. The molecule has 0 aliphatic carbocycles. The van der Waals surface area contributed by atoms with Crippen molar-refractivity contribution in [2.24, 2.45) is 5.92 Å². The van der Waals surface area contributed by atoms with Gasteiger partial charge in [0.05, 0.1) is 0 Å². The topological polar surface area (TPSA) is 68.0 Å². The zero-order valence-electron chi connectivity index (χ0n) is 10.1. The van der Waals surface area contributed by atoms with E-state index in [0.29, 0.717) is 24.7 Å². The summed E-state index contributed by atoms with van der Waals surface area (Å²) in [6.07, 6.45) is 0.557. The van der Waals surface area contributed by atoms with Gasteiger partial charge in [-0.3, -0.25) is 4.79 Å². The number of nitrogen functional groups attached to an aromatic ring is 1. The van der Waals surface area contributed by atoms with Crippen molar-refractivity contribution in [1.29, 1.82) is 0 Å². The van der Waals surface area contributed by atoms with Crippen LogP contribution in [-0.4, -0.2) is 10.9 Å². The summed E-state index contributed by atoms with van der Waals surface area (Å²) in [5.74, 6) is 0.964. The van der Waals surface area contributed by atoms with E-state index in [0.717, 1.165) is 11.3 Å². The van der Waals surface area contributed by atoms with Crippen LogP contribution in [0.5, 0.6) is 0 Å². The van der Waals surface area contributed by atoms with E-state index < -0.39 is 0 Å². The molecule has 0 fully saturated rings. The first kappa shape index (κ1) is 12.5. The molecule has 0 atom stereocenters. The Hall–Kier alpha value is -1.58. The number of carbonyl (C=O) groups is 1. The average Bonchev–Trinajstić information content (AvgIpc) is 2.15. The molecule has 1 heterocycles. The van der Waals surface area contributed by atoms with Crippen LogP contribution >= 0.6 is 0 Å². The van der Waals surface area contributed by atoms with Gasteiger partial charge in [0.15, 0.2) is 0 Å². The molecule has 1 aromatic rings. The number of nitrogens with zero attached hydrogens (tertiary/aromatic N) is 1. The van der Waals surface area contributed by atoms with E-state index in [2.05, 4.69) is 10.3 Å². The van der Waals surface area contributed by atoms with Gasteiger partial charge in [0.25, 0.3) is 0 Å². The summed E-state index contributed by atoms with van der Waals surface area (Å²) in [7, 11) is 0. The first-order valence-corrected chi connectivity index (χ1v) is 5.47. The minimum absolute atomic E-state index is 0.0752. The van der Waals surface area contributed by atoms with Crippen molar-refractivity contribution in [2.75, 3.05) is 5.73 Å². The molecule has 1 amide bonds. The molecule has 0 radical (unpaired) electrons. The van der Waals surface area contributed by atoms with E-state index in [-0.39, 0.29) is 5.91 Å². The number of rotatable bonds is 4. The predicted molar refractivity (Wildman–Crippen MR) is 64.7 cm³/mol. The fourth-order valence-corrected chi connectivity index (χ4v) is 1.43. The zero-order chi connectivity index (χ0) is 12.1. The van der Waals surface area contributed by atoms with Crippen LogP contribution in [0.4, 0.5) is 5.82 Å². The molecule has 0 saturated heterocycles. The van der Waals surface area contributed by atoms with Gasteiger partial charge in [-0.05, 0) is 24.5 Å². The maximum atomic E-state index is 11.4. The predicted octanol–water partition coefficient (Wildman–Crippen LogP) is 1.63. The molecule has 0 aromatic carbocycles. The van der Waals surface area contributed by atoms with Gasteiger partial charge >= 0.3 is 0 Å². The maximum absolute atomic E-state index is 11.4. The number of carbonyl (C=O) groups excluding carboxylic acids is 1. The number of hydrogen-bond donors (Lipinski definition) is 2. The van der Waals surface area contributed by atoms with Gasteiger partial charge < -0.3 is 11.1 Å². The first-order chi connectivity index (χ1) is 7.49. The smallest absolute Gasteiger partial charge is 0.220 e. The minimum Gasteiger partial charge on any atom is -0.384 e. The first-order valence-electron chi connectivity index (χ1n) is 5.47. The van der Waals surface area contributed by atoms with Crippen LogP contribution < -0.4 is 11.1 Å². The Balaban J connectivity index is 2.51. The van der Waals surface area contributed by atoms with E-state index in [1.165, 1.54) is 0 Å². The lowest BCUT2D eigenvalue weighted by Gasteiger charge is -2.09. The van der Waals surface area contributed by atoms with E-state index in [1.54, 1.807) is 6.07 Å². The summed E-state index contributed by atoms with van der Waals surface area (Å²) in [6.45, 7) is 6.45. The number of nitrogens with two attached hydrogens (primary N) is 1. The zero-order valence-corrected chi connectivity index (χ0v) is 10.1. The van der Waals surface area contributed by atoms with Crippen LogP contribution in [-0.2, 0) is 11.3 Å². The van der Waals surface area contributed by atoms with Crippen molar-refractivity contribution in [3.8, 4) is 0 Å². The minimum atomic E-state index is 0.0752. The molecule has 0 aliphatic heterocycles. The molecule has 0 saturated carbocycles. The van der Waals surface area contributed by atoms with Crippen LogP contribution in [0.25, 0.3) is 0 Å². The number of anilines is 1. The molecule has 0 unspecified atom stereocenters. The Bertz CT molecular complexity index is 375. The highest BCUT2D eigenvalue weighted by molar-refractivity contribution is 5.76. The molecule has 0 bridgehead atoms. The van der Waals surface area contributed by atoms with Gasteiger partial charge in [-0.15, -0.1) is 0 Å². The number of pyridine rings is 1. The highest BCUT2D eigenvalue weighted by Gasteiger charge is 2.05. The second-order valence-corrected chi connectivity index (χ2v) is 4.36. The second kappa shape index (κ2) is 5.49. The van der Waals surface area contributed by atoms with Crippen molar-refractivity contribution in [3.63, 3.8) is 0 Å². The van der Waals surface area contributed by atoms with Gasteiger partial charge in [-0.1, -0.05) is 19.9 Å². The van der Waals surface area contributed by atoms with Crippen molar-refractivity contribution < 1.29 is 4.79 Å². The molecule has 1 aromatic heterocycles. The Kier molecular flexibility index (Phi) is 4.28. The largest absolute Gasteiger partial charge is 0.384 e. The van der Waals surface area contributed by atoms with E-state index in [4.69, 9.17) is 5.73 Å². The summed E-state index contributed by atoms with van der Waals surface area (Å²) < 4.78 is 0. The lowest BCUT2D eigenvalue weighted by Crippen LogP contribution is -2.24. The Morgan fingerprint density at radius 1 is 1.50 bits per heavy atom. The monoisotopic (exact) mass is 221 g/mol. The standard InChI is InChI=1S/C12H19N3O/c1-8(2)6-12(16)14-7-10-4-5-11(13)15-9(10)3/h4-5,8H,6-7H2,1-3H3,(H2,13,15)(H,14,16). The normalized spacial score (nSPS) is 10.5. The maximum Gasteiger partial charge on any atom is 0.220 e. The average molecular weight is 221 g/mol. The van der Waals surface area contributed by atoms with Crippen LogP contribution in [0.3, 0.4) is 0 Å². The van der Waals surface area contributed by atoms with Crippen LogP contribution in [0.2, 0.25) is 0 Å². The number of nitrogens with one attached hydrogen (secondary N) is 1. The van der Waals surface area contributed by atoms with E-state index in [1.807, 2.05) is 26.8 Å². The van der Waals surface area contributed by atoms with E-state index >= 15 is 0 Å². The van der Waals surface area contributed by atoms with Crippen LogP contribution in [0, 0.1) is 12.8 Å². The molecule has 88 valence electrons. The number of aryl methyl sites for hydroxylation is 1. The van der Waals surface area contributed by atoms with Crippen molar-refractivity contribution in [1.82, 2.24) is 10.3 Å². The molecule has 16 heavy (non-hydrogen) atoms. The third-order valence-electron chi connectivity index (χ3n) is 2.29. The number of amides is 1. The third kappa shape index (κ3) is 3.88. The molecule has 0 aliphatic rings. The summed E-state index contributed by atoms with van der Waals surface area (Å²) >= 11 is 0. The van der Waals surface area contributed by atoms with Gasteiger partial charge in [0.1, 0.15) is 5.82 Å². The fraction of sp³-hybridized carbons (Fsp3) is 0.500. The molecule has 4 nitrogen and oxygen atoms in total. The summed E-state index contributed by atoms with van der Waals surface area (Å²) in [6, 6.07) is 3.64. The van der Waals surface area contributed by atoms with Crippen LogP contribution in [0.15, 0.2) is 12.1 Å². The molecular weight excluding hydrogens is 202 g/mol. The Morgan fingerprint density at radius 2 is 2.19 bits per heavy atom. The van der Waals surface area contributed by atoms with Crippen molar-refractivity contribution in [2.45, 2.75) is 33.7 Å². The lowest BCUT2D eigenvalue weighted by molar-refractivity contribution is -0.121. The highest BCUT2D eigenvalue weighted by Crippen LogP contribution is 2.08. The third-order valence-corrected chi connectivity index (χ3v) is 2.29. The number of aromatic nitrogens is 1. The van der Waals surface area contributed by atoms with Crippen LogP contribution in [0.1, 0.15) is 31.5 Å². The van der Waals surface area contributed by atoms with Gasteiger partial charge in [-0.25, -0.2) is 4.98 Å². The lowest BCUT2D eigenvalue weighted by atomic mass is 10.1. The molecule has 1 rings (SSSR count). The van der Waals surface area contributed by atoms with Crippen molar-refractivity contribution in [3.05, 3.63) is 23.4 Å². The fourth-order valence-electron chi connectivity index (χ4n) is 1.43. The van der Waals surface area contributed by atoms with Crippen molar-refractivity contribution >= 4 is 11.7 Å².